The molecule has 0 aromatic heterocycles. The van der Waals surface area contributed by atoms with E-state index in [1.165, 1.54) is 50.2 Å². The van der Waals surface area contributed by atoms with Gasteiger partial charge in [-0.15, -0.1) is 0 Å². The Hall–Kier alpha value is -3.82. The molecule has 0 spiro atoms. The van der Waals surface area contributed by atoms with E-state index in [-0.39, 0.29) is 11.4 Å². The number of hydrogen-bond donors (Lipinski definition) is 2. The van der Waals surface area contributed by atoms with Crippen LogP contribution in [-0.4, -0.2) is 26.8 Å². The Bertz CT molecular complexity index is 904. The molecule has 160 valence electrons. The minimum Gasteiger partial charge on any atom is -0.481 e. The van der Waals surface area contributed by atoms with Crippen LogP contribution in [-0.2, 0) is 20.4 Å². The summed E-state index contributed by atoms with van der Waals surface area (Å²) in [5.74, 6) is -1.52. The molecule has 0 atom stereocenters. The lowest BCUT2D eigenvalue weighted by molar-refractivity contribution is -0.385. The molecule has 2 rings (SSSR count). The summed E-state index contributed by atoms with van der Waals surface area (Å²) >= 11 is 0. The molecular formula is C20H23N3O7. The Morgan fingerprint density at radius 2 is 1.20 bits per heavy atom. The molecular weight excluding hydrogens is 394 g/mol. The van der Waals surface area contributed by atoms with Crippen LogP contribution in [0.15, 0.2) is 48.5 Å². The lowest BCUT2D eigenvalue weighted by atomic mass is 9.84. The molecule has 10 heteroatoms. The summed E-state index contributed by atoms with van der Waals surface area (Å²) in [5, 5.41) is 30.0. The number of amides is 1. The van der Waals surface area contributed by atoms with Gasteiger partial charge in [0.05, 0.1) is 20.7 Å². The first-order valence-electron chi connectivity index (χ1n) is 8.74. The average molecular weight is 417 g/mol. The molecule has 30 heavy (non-hydrogen) atoms. The number of nitro groups is 2. The molecule has 0 bridgehead atoms. The largest absolute Gasteiger partial charge is 0.481 e. The van der Waals surface area contributed by atoms with Gasteiger partial charge in [-0.1, -0.05) is 24.3 Å². The van der Waals surface area contributed by atoms with Gasteiger partial charge in [-0.05, 0) is 38.8 Å². The summed E-state index contributed by atoms with van der Waals surface area (Å²) in [6.07, 6.45) is 0. The minimum atomic E-state index is -1.12. The molecule has 0 radical (unpaired) electrons. The Morgan fingerprint density at radius 1 is 0.833 bits per heavy atom. The Labute approximate surface area is 172 Å². The fourth-order valence-electron chi connectivity index (χ4n) is 2.28. The standard InChI is InChI=1S/C10H12N2O3.C10H11NO4/c1-10(2,9(11)13)7-4-3-5-8(6-7)12(14)15;1-10(2,9(12)13)7-4-3-5-8(6-7)11(14)15/h3-6H,1-2H3,(H2,11,13);3-6H,1-2H3,(H,12,13). The Balaban J connectivity index is 0.000000300. The number of aliphatic carboxylic acids is 1. The van der Waals surface area contributed by atoms with Crippen molar-refractivity contribution in [1.29, 1.82) is 0 Å². The summed E-state index contributed by atoms with van der Waals surface area (Å²) in [4.78, 5) is 42.1. The van der Waals surface area contributed by atoms with E-state index in [9.17, 15) is 29.8 Å². The van der Waals surface area contributed by atoms with Crippen molar-refractivity contribution in [1.82, 2.24) is 0 Å². The quantitative estimate of drug-likeness (QED) is 0.537. The molecule has 0 saturated heterocycles. The van der Waals surface area contributed by atoms with Gasteiger partial charge in [0.1, 0.15) is 0 Å². The fraction of sp³-hybridized carbons (Fsp3) is 0.300. The lowest BCUT2D eigenvalue weighted by Crippen LogP contribution is -2.35. The number of hydrogen-bond acceptors (Lipinski definition) is 6. The van der Waals surface area contributed by atoms with Crippen LogP contribution >= 0.6 is 0 Å². The van der Waals surface area contributed by atoms with Crippen LogP contribution in [0.1, 0.15) is 38.8 Å². The lowest BCUT2D eigenvalue weighted by Gasteiger charge is -2.20. The van der Waals surface area contributed by atoms with Crippen molar-refractivity contribution in [3.05, 3.63) is 79.9 Å². The van der Waals surface area contributed by atoms with Crippen molar-refractivity contribution < 1.29 is 24.5 Å². The van der Waals surface area contributed by atoms with Gasteiger partial charge in [0.25, 0.3) is 11.4 Å². The normalized spacial score (nSPS) is 11.1. The van der Waals surface area contributed by atoms with E-state index in [1.54, 1.807) is 26.0 Å². The summed E-state index contributed by atoms with van der Waals surface area (Å²) in [6, 6.07) is 11.6. The molecule has 0 fully saturated rings. The fourth-order valence-corrected chi connectivity index (χ4v) is 2.28. The predicted octanol–water partition coefficient (Wildman–Crippen LogP) is 3.31. The molecule has 2 aromatic carbocycles. The number of carbonyl (C=O) groups excluding carboxylic acids is 1. The number of non-ortho nitro benzene ring substituents is 2. The zero-order valence-corrected chi connectivity index (χ0v) is 17.0. The van der Waals surface area contributed by atoms with Crippen LogP contribution in [0.4, 0.5) is 11.4 Å². The topological polar surface area (TPSA) is 167 Å². The van der Waals surface area contributed by atoms with Crippen LogP contribution in [0.2, 0.25) is 0 Å². The van der Waals surface area contributed by atoms with Crippen molar-refractivity contribution in [2.45, 2.75) is 38.5 Å². The number of carboxylic acids is 1. The number of carboxylic acid groups (broad SMARTS) is 1. The van der Waals surface area contributed by atoms with Crippen LogP contribution in [0.25, 0.3) is 0 Å². The van der Waals surface area contributed by atoms with E-state index < -0.39 is 32.6 Å². The van der Waals surface area contributed by atoms with Gasteiger partial charge in [0, 0.05) is 24.3 Å². The van der Waals surface area contributed by atoms with Gasteiger partial charge in [-0.25, -0.2) is 0 Å². The Morgan fingerprint density at radius 3 is 1.50 bits per heavy atom. The van der Waals surface area contributed by atoms with Crippen molar-refractivity contribution in [2.75, 3.05) is 0 Å². The van der Waals surface area contributed by atoms with Crippen molar-refractivity contribution in [3.63, 3.8) is 0 Å². The first-order valence-corrected chi connectivity index (χ1v) is 8.74. The predicted molar refractivity (Wildman–Crippen MR) is 109 cm³/mol. The average Bonchev–Trinajstić information content (AvgIpc) is 2.68. The summed E-state index contributed by atoms with van der Waals surface area (Å²) in [6.45, 7) is 6.28. The number of nitro benzene ring substituents is 2. The third-order valence-corrected chi connectivity index (χ3v) is 4.71. The smallest absolute Gasteiger partial charge is 0.313 e. The minimum absolute atomic E-state index is 0.0400. The second-order valence-corrected chi connectivity index (χ2v) is 7.53. The van der Waals surface area contributed by atoms with E-state index in [2.05, 4.69) is 0 Å². The molecule has 10 nitrogen and oxygen atoms in total. The molecule has 3 N–H and O–H groups in total. The zero-order chi connectivity index (χ0) is 23.3. The van der Waals surface area contributed by atoms with Crippen LogP contribution < -0.4 is 5.73 Å². The number of rotatable bonds is 6. The highest BCUT2D eigenvalue weighted by Crippen LogP contribution is 2.27. The van der Waals surface area contributed by atoms with Gasteiger partial charge in [-0.3, -0.25) is 29.8 Å². The SMILES string of the molecule is CC(C)(C(=O)O)c1cccc([N+](=O)[O-])c1.CC(C)(C(N)=O)c1cccc([N+](=O)[O-])c1. The molecule has 0 aliphatic rings. The van der Waals surface area contributed by atoms with Gasteiger partial charge < -0.3 is 10.8 Å². The third kappa shape index (κ3) is 5.60. The number of nitrogens with two attached hydrogens (primary N) is 1. The Kier molecular flexibility index (Phi) is 7.36. The maximum Gasteiger partial charge on any atom is 0.313 e. The molecule has 0 saturated carbocycles. The highest BCUT2D eigenvalue weighted by atomic mass is 16.6. The maximum atomic E-state index is 11.2. The summed E-state index contributed by atoms with van der Waals surface area (Å²) in [5.41, 5.74) is 4.03. The van der Waals surface area contributed by atoms with E-state index in [0.29, 0.717) is 11.1 Å². The van der Waals surface area contributed by atoms with Crippen LogP contribution in [0, 0.1) is 20.2 Å². The molecule has 0 heterocycles. The van der Waals surface area contributed by atoms with Gasteiger partial charge in [0.15, 0.2) is 0 Å². The van der Waals surface area contributed by atoms with Gasteiger partial charge >= 0.3 is 5.97 Å². The van der Waals surface area contributed by atoms with Crippen molar-refractivity contribution in [3.8, 4) is 0 Å². The van der Waals surface area contributed by atoms with E-state index in [0.717, 1.165) is 0 Å². The highest BCUT2D eigenvalue weighted by Gasteiger charge is 2.30. The third-order valence-electron chi connectivity index (χ3n) is 4.71. The van der Waals surface area contributed by atoms with E-state index >= 15 is 0 Å². The van der Waals surface area contributed by atoms with E-state index in [4.69, 9.17) is 10.8 Å². The first-order chi connectivity index (χ1) is 13.7. The second-order valence-electron chi connectivity index (χ2n) is 7.53. The monoisotopic (exact) mass is 417 g/mol. The number of primary amides is 1. The molecule has 0 aliphatic heterocycles. The second kappa shape index (κ2) is 9.12. The first kappa shape index (κ1) is 24.2. The number of carbonyl (C=O) groups is 2. The molecule has 2 aromatic rings. The van der Waals surface area contributed by atoms with E-state index in [1.807, 2.05) is 0 Å². The van der Waals surface area contributed by atoms with Crippen molar-refractivity contribution >= 4 is 23.3 Å². The maximum absolute atomic E-state index is 11.2. The number of benzene rings is 2. The molecule has 1 amide bonds. The zero-order valence-electron chi connectivity index (χ0n) is 17.0. The van der Waals surface area contributed by atoms with Gasteiger partial charge in [-0.2, -0.15) is 0 Å². The van der Waals surface area contributed by atoms with Gasteiger partial charge in [0.2, 0.25) is 5.91 Å². The van der Waals surface area contributed by atoms with Crippen LogP contribution in [0.3, 0.4) is 0 Å². The van der Waals surface area contributed by atoms with Crippen LogP contribution in [0.5, 0.6) is 0 Å². The number of nitrogens with zero attached hydrogens (tertiary/aromatic N) is 2. The molecule has 0 unspecified atom stereocenters. The van der Waals surface area contributed by atoms with Crippen molar-refractivity contribution in [2.24, 2.45) is 5.73 Å². The molecule has 0 aliphatic carbocycles. The summed E-state index contributed by atoms with van der Waals surface area (Å²) < 4.78 is 0. The summed E-state index contributed by atoms with van der Waals surface area (Å²) in [7, 11) is 0. The highest BCUT2D eigenvalue weighted by molar-refractivity contribution is 5.85.